The number of nitrogens with one attached hydrogen (secondary N) is 1. The first-order chi connectivity index (χ1) is 12.1. The molecule has 3 aromatic rings. The van der Waals surface area contributed by atoms with Gasteiger partial charge in [-0.15, -0.1) is 0 Å². The van der Waals surface area contributed by atoms with E-state index in [9.17, 15) is 9.59 Å². The Kier molecular flexibility index (Phi) is 4.84. The van der Waals surface area contributed by atoms with Gasteiger partial charge in [-0.1, -0.05) is 48.5 Å². The summed E-state index contributed by atoms with van der Waals surface area (Å²) in [6.45, 7) is 2.44. The van der Waals surface area contributed by atoms with Crippen LogP contribution < -0.4 is 10.9 Å². The number of carbonyl (C=O) groups excluding carboxylic acids is 1. The van der Waals surface area contributed by atoms with Crippen LogP contribution in [0.15, 0.2) is 59.4 Å². The van der Waals surface area contributed by atoms with E-state index in [2.05, 4.69) is 5.32 Å². The molecule has 1 N–H and O–H groups in total. The monoisotopic (exact) mass is 336 g/mol. The predicted molar refractivity (Wildman–Crippen MR) is 98.9 cm³/mol. The van der Waals surface area contributed by atoms with E-state index in [1.165, 1.54) is 4.57 Å². The van der Waals surface area contributed by atoms with E-state index in [1.54, 1.807) is 14.0 Å². The zero-order valence-corrected chi connectivity index (χ0v) is 14.3. The van der Waals surface area contributed by atoms with Gasteiger partial charge in [0.15, 0.2) is 0 Å². The minimum atomic E-state index is -0.607. The van der Waals surface area contributed by atoms with Crippen molar-refractivity contribution in [3.05, 3.63) is 76.1 Å². The number of pyridine rings is 1. The lowest BCUT2D eigenvalue weighted by molar-refractivity contribution is 0.0525. The highest BCUT2D eigenvalue weighted by Crippen LogP contribution is 2.26. The van der Waals surface area contributed by atoms with Crippen LogP contribution in [0.2, 0.25) is 0 Å². The van der Waals surface area contributed by atoms with Gasteiger partial charge in [0, 0.05) is 19.0 Å². The van der Waals surface area contributed by atoms with Crippen LogP contribution in [0.4, 0.5) is 5.69 Å². The molecule has 3 rings (SSSR count). The quantitative estimate of drug-likeness (QED) is 0.726. The maximum absolute atomic E-state index is 12.8. The summed E-state index contributed by atoms with van der Waals surface area (Å²) in [4.78, 5) is 25.2. The standard InChI is InChI=1S/C20H20N2O3/c1-3-25-20(24)17-18(21-13-14-9-5-4-6-10-14)15-11-7-8-12-16(15)22(2)19(17)23/h4-12,21H,3,13H2,1-2H3. The first-order valence-electron chi connectivity index (χ1n) is 8.20. The van der Waals surface area contributed by atoms with Crippen molar-refractivity contribution < 1.29 is 9.53 Å². The van der Waals surface area contributed by atoms with Crippen LogP contribution in [0.1, 0.15) is 22.8 Å². The summed E-state index contributed by atoms with van der Waals surface area (Å²) in [5.74, 6) is -0.607. The molecule has 0 bridgehead atoms. The zero-order chi connectivity index (χ0) is 17.8. The Bertz CT molecular complexity index is 962. The average Bonchev–Trinajstić information content (AvgIpc) is 2.64. The number of hydrogen-bond donors (Lipinski definition) is 1. The molecule has 0 aliphatic heterocycles. The fourth-order valence-electron chi connectivity index (χ4n) is 2.86. The first kappa shape index (κ1) is 16.8. The van der Waals surface area contributed by atoms with Gasteiger partial charge in [-0.2, -0.15) is 0 Å². The maximum Gasteiger partial charge on any atom is 0.345 e. The second-order valence-electron chi connectivity index (χ2n) is 5.69. The van der Waals surface area contributed by atoms with Crippen molar-refractivity contribution in [1.29, 1.82) is 0 Å². The molecule has 0 saturated heterocycles. The number of aryl methyl sites for hydroxylation is 1. The van der Waals surface area contributed by atoms with E-state index in [0.29, 0.717) is 12.2 Å². The molecule has 0 atom stereocenters. The van der Waals surface area contributed by atoms with E-state index in [-0.39, 0.29) is 17.7 Å². The van der Waals surface area contributed by atoms with Crippen molar-refractivity contribution in [2.75, 3.05) is 11.9 Å². The van der Waals surface area contributed by atoms with Crippen LogP contribution in [-0.4, -0.2) is 17.1 Å². The van der Waals surface area contributed by atoms with Crippen molar-refractivity contribution in [2.45, 2.75) is 13.5 Å². The summed E-state index contributed by atoms with van der Waals surface area (Å²) in [5.41, 5.74) is 2.01. The molecular weight excluding hydrogens is 316 g/mol. The van der Waals surface area contributed by atoms with Gasteiger partial charge in [0.2, 0.25) is 0 Å². The highest BCUT2D eigenvalue weighted by atomic mass is 16.5. The Morgan fingerprint density at radius 2 is 1.76 bits per heavy atom. The molecular formula is C20H20N2O3. The van der Waals surface area contributed by atoms with Crippen molar-refractivity contribution >= 4 is 22.6 Å². The fraction of sp³-hybridized carbons (Fsp3) is 0.200. The Morgan fingerprint density at radius 3 is 2.48 bits per heavy atom. The van der Waals surface area contributed by atoms with Crippen molar-refractivity contribution in [3.8, 4) is 0 Å². The van der Waals surface area contributed by atoms with Gasteiger partial charge < -0.3 is 14.6 Å². The molecule has 128 valence electrons. The van der Waals surface area contributed by atoms with Crippen LogP contribution in [0, 0.1) is 0 Å². The summed E-state index contributed by atoms with van der Waals surface area (Å²) >= 11 is 0. The second kappa shape index (κ2) is 7.21. The molecule has 0 saturated carbocycles. The summed E-state index contributed by atoms with van der Waals surface area (Å²) in [6, 6.07) is 17.3. The Morgan fingerprint density at radius 1 is 1.08 bits per heavy atom. The number of carbonyl (C=O) groups is 1. The van der Waals surface area contributed by atoms with Crippen LogP contribution in [-0.2, 0) is 18.3 Å². The highest BCUT2D eigenvalue weighted by Gasteiger charge is 2.22. The average molecular weight is 336 g/mol. The number of nitrogens with zero attached hydrogens (tertiary/aromatic N) is 1. The molecule has 5 nitrogen and oxygen atoms in total. The number of esters is 1. The molecule has 2 aromatic carbocycles. The number of rotatable bonds is 5. The summed E-state index contributed by atoms with van der Waals surface area (Å²) < 4.78 is 6.59. The molecule has 5 heteroatoms. The molecule has 0 amide bonds. The van der Waals surface area contributed by atoms with Crippen LogP contribution in [0.5, 0.6) is 0 Å². The minimum Gasteiger partial charge on any atom is -0.462 e. The van der Waals surface area contributed by atoms with E-state index in [4.69, 9.17) is 4.74 Å². The van der Waals surface area contributed by atoms with Crippen molar-refractivity contribution in [1.82, 2.24) is 4.57 Å². The van der Waals surface area contributed by atoms with Crippen molar-refractivity contribution in [3.63, 3.8) is 0 Å². The van der Waals surface area contributed by atoms with E-state index < -0.39 is 5.97 Å². The Labute approximate surface area is 145 Å². The number of benzene rings is 2. The van der Waals surface area contributed by atoms with Gasteiger partial charge in [-0.05, 0) is 18.6 Å². The predicted octanol–water partition coefficient (Wildman–Crippen LogP) is 3.33. The number of ether oxygens (including phenoxy) is 1. The van der Waals surface area contributed by atoms with Gasteiger partial charge in [0.05, 0.1) is 17.8 Å². The number of anilines is 1. The summed E-state index contributed by atoms with van der Waals surface area (Å²) in [5, 5.41) is 4.07. The summed E-state index contributed by atoms with van der Waals surface area (Å²) in [7, 11) is 1.66. The number of hydrogen-bond acceptors (Lipinski definition) is 4. The SMILES string of the molecule is CCOC(=O)c1c(NCc2ccccc2)c2ccccc2n(C)c1=O. The van der Waals surface area contributed by atoms with Gasteiger partial charge in [-0.25, -0.2) is 4.79 Å². The molecule has 0 aliphatic carbocycles. The van der Waals surface area contributed by atoms with E-state index in [1.807, 2.05) is 54.6 Å². The minimum absolute atomic E-state index is 0.0407. The fourth-order valence-corrected chi connectivity index (χ4v) is 2.86. The lowest BCUT2D eigenvalue weighted by atomic mass is 10.1. The van der Waals surface area contributed by atoms with Gasteiger partial charge in [0.25, 0.3) is 5.56 Å². The van der Waals surface area contributed by atoms with Crippen molar-refractivity contribution in [2.24, 2.45) is 7.05 Å². The third-order valence-electron chi connectivity index (χ3n) is 4.09. The summed E-state index contributed by atoms with van der Waals surface area (Å²) in [6.07, 6.45) is 0. The van der Waals surface area contributed by atoms with E-state index in [0.717, 1.165) is 16.5 Å². The van der Waals surface area contributed by atoms with Crippen LogP contribution in [0.3, 0.4) is 0 Å². The molecule has 0 spiro atoms. The van der Waals surface area contributed by atoms with Gasteiger partial charge >= 0.3 is 5.97 Å². The number of aromatic nitrogens is 1. The van der Waals surface area contributed by atoms with E-state index >= 15 is 0 Å². The number of para-hydroxylation sites is 1. The lowest BCUT2D eigenvalue weighted by Gasteiger charge is -2.16. The maximum atomic E-state index is 12.8. The molecule has 1 heterocycles. The third kappa shape index (κ3) is 3.26. The largest absolute Gasteiger partial charge is 0.462 e. The number of fused-ring (bicyclic) bond motifs is 1. The van der Waals surface area contributed by atoms with Gasteiger partial charge in [-0.3, -0.25) is 4.79 Å². The lowest BCUT2D eigenvalue weighted by Crippen LogP contribution is -2.28. The van der Waals surface area contributed by atoms with Gasteiger partial charge in [0.1, 0.15) is 5.56 Å². The molecule has 0 radical (unpaired) electrons. The van der Waals surface area contributed by atoms with Crippen LogP contribution in [0.25, 0.3) is 10.9 Å². The Balaban J connectivity index is 2.16. The molecule has 1 aromatic heterocycles. The zero-order valence-electron chi connectivity index (χ0n) is 14.3. The van der Waals surface area contributed by atoms with Crippen LogP contribution >= 0.6 is 0 Å². The smallest absolute Gasteiger partial charge is 0.345 e. The third-order valence-corrected chi connectivity index (χ3v) is 4.09. The second-order valence-corrected chi connectivity index (χ2v) is 5.69. The molecule has 25 heavy (non-hydrogen) atoms. The molecule has 0 unspecified atom stereocenters. The molecule has 0 fully saturated rings. The Hall–Kier alpha value is -3.08. The molecule has 0 aliphatic rings. The normalized spacial score (nSPS) is 10.6. The highest BCUT2D eigenvalue weighted by molar-refractivity contribution is 6.05. The first-order valence-corrected chi connectivity index (χ1v) is 8.20. The topological polar surface area (TPSA) is 60.3 Å².